The molecule has 0 bridgehead atoms. The highest BCUT2D eigenvalue weighted by Crippen LogP contribution is 2.30. The van der Waals surface area contributed by atoms with Gasteiger partial charge in [-0.15, -0.1) is 0 Å². The predicted molar refractivity (Wildman–Crippen MR) is 82.7 cm³/mol. The second-order valence-corrected chi connectivity index (χ2v) is 5.46. The number of nitro benzene ring substituents is 1. The highest BCUT2D eigenvalue weighted by atomic mass is 79.9. The van der Waals surface area contributed by atoms with Gasteiger partial charge in [0.1, 0.15) is 5.82 Å². The third-order valence-corrected chi connectivity index (χ3v) is 3.90. The number of likely N-dealkylation sites (N-methyl/N-ethyl adjacent to an activating group) is 1. The van der Waals surface area contributed by atoms with E-state index in [0.29, 0.717) is 12.0 Å². The van der Waals surface area contributed by atoms with Gasteiger partial charge < -0.3 is 5.32 Å². The summed E-state index contributed by atoms with van der Waals surface area (Å²) in [4.78, 5) is 10.6. The number of hydrogen-bond donors (Lipinski definition) is 1. The van der Waals surface area contributed by atoms with Gasteiger partial charge in [0.2, 0.25) is 0 Å². The number of nitrogens with one attached hydrogen (secondary N) is 1. The molecule has 0 spiro atoms. The molecule has 0 saturated heterocycles. The lowest BCUT2D eigenvalue weighted by Gasteiger charge is -2.17. The average Bonchev–Trinajstić information content (AvgIpc) is 2.48. The summed E-state index contributed by atoms with van der Waals surface area (Å²) in [5.74, 6) is -0.501. The van der Waals surface area contributed by atoms with Crippen LogP contribution in [0.4, 0.5) is 10.1 Å². The molecule has 1 unspecified atom stereocenters. The van der Waals surface area contributed by atoms with Crippen molar-refractivity contribution >= 4 is 21.6 Å². The van der Waals surface area contributed by atoms with Crippen LogP contribution in [0.3, 0.4) is 0 Å². The van der Waals surface area contributed by atoms with Crippen molar-refractivity contribution in [3.8, 4) is 0 Å². The molecule has 0 fully saturated rings. The molecule has 2 aromatic rings. The fourth-order valence-corrected chi connectivity index (χ4v) is 2.53. The summed E-state index contributed by atoms with van der Waals surface area (Å²) in [5, 5.41) is 14.2. The van der Waals surface area contributed by atoms with Gasteiger partial charge in [-0.3, -0.25) is 10.1 Å². The first-order valence-corrected chi connectivity index (χ1v) is 7.16. The van der Waals surface area contributed by atoms with Crippen LogP contribution in [0.25, 0.3) is 0 Å². The minimum Gasteiger partial charge on any atom is -0.313 e. The molecule has 6 heteroatoms. The smallest absolute Gasteiger partial charge is 0.273 e. The van der Waals surface area contributed by atoms with Crippen LogP contribution in [0.15, 0.2) is 46.9 Å². The van der Waals surface area contributed by atoms with Crippen molar-refractivity contribution < 1.29 is 9.31 Å². The Balaban J connectivity index is 2.37. The zero-order valence-electron chi connectivity index (χ0n) is 11.3. The molecule has 0 aliphatic carbocycles. The van der Waals surface area contributed by atoms with Crippen molar-refractivity contribution in [1.29, 1.82) is 0 Å². The standard InChI is InChI=1S/C15H14BrFN2O2/c1-18-14(10-5-3-2-4-6-10)8-11-7-13(17)12(16)9-15(11)19(20)21/h2-7,9,14,18H,8H2,1H3. The molecule has 0 aliphatic rings. The molecular formula is C15H14BrFN2O2. The third kappa shape index (κ3) is 3.65. The molecule has 0 radical (unpaired) electrons. The zero-order valence-corrected chi connectivity index (χ0v) is 12.9. The second kappa shape index (κ2) is 6.78. The minimum absolute atomic E-state index is 0.0838. The molecular weight excluding hydrogens is 339 g/mol. The van der Waals surface area contributed by atoms with Crippen LogP contribution in [0.5, 0.6) is 0 Å². The van der Waals surface area contributed by atoms with Crippen LogP contribution >= 0.6 is 15.9 Å². The summed E-state index contributed by atoms with van der Waals surface area (Å²) >= 11 is 2.98. The maximum Gasteiger partial charge on any atom is 0.273 e. The number of hydrogen-bond acceptors (Lipinski definition) is 3. The lowest BCUT2D eigenvalue weighted by atomic mass is 9.98. The maximum absolute atomic E-state index is 13.7. The van der Waals surface area contributed by atoms with Gasteiger partial charge >= 0.3 is 0 Å². The molecule has 0 aromatic heterocycles. The second-order valence-electron chi connectivity index (χ2n) is 4.61. The van der Waals surface area contributed by atoms with Crippen LogP contribution in [0, 0.1) is 15.9 Å². The SMILES string of the molecule is CNC(Cc1cc(F)c(Br)cc1[N+](=O)[O-])c1ccccc1. The van der Waals surface area contributed by atoms with Gasteiger partial charge in [0.05, 0.1) is 9.40 Å². The Kier molecular flexibility index (Phi) is 5.03. The van der Waals surface area contributed by atoms with Gasteiger partial charge in [0.25, 0.3) is 5.69 Å². The Labute approximate surface area is 130 Å². The lowest BCUT2D eigenvalue weighted by Crippen LogP contribution is -2.19. The van der Waals surface area contributed by atoms with E-state index in [1.165, 1.54) is 12.1 Å². The summed E-state index contributed by atoms with van der Waals surface area (Å²) in [6.45, 7) is 0. The molecule has 0 saturated carbocycles. The molecule has 1 N–H and O–H groups in total. The van der Waals surface area contributed by atoms with Gasteiger partial charge in [-0.05, 0) is 41.0 Å². The van der Waals surface area contributed by atoms with Crippen molar-refractivity contribution in [2.75, 3.05) is 7.05 Å². The normalized spacial score (nSPS) is 12.1. The summed E-state index contributed by atoms with van der Waals surface area (Å²) < 4.78 is 13.8. The fraction of sp³-hybridized carbons (Fsp3) is 0.200. The van der Waals surface area contributed by atoms with Crippen LogP contribution in [0.2, 0.25) is 0 Å². The van der Waals surface area contributed by atoms with Crippen molar-refractivity contribution in [1.82, 2.24) is 5.32 Å². The predicted octanol–water partition coefficient (Wildman–Crippen LogP) is 4.00. The van der Waals surface area contributed by atoms with Crippen LogP contribution in [-0.4, -0.2) is 12.0 Å². The first kappa shape index (κ1) is 15.6. The van der Waals surface area contributed by atoms with E-state index < -0.39 is 10.7 Å². The molecule has 4 nitrogen and oxygen atoms in total. The van der Waals surface area contributed by atoms with Crippen LogP contribution in [-0.2, 0) is 6.42 Å². The van der Waals surface area contributed by atoms with Crippen LogP contribution < -0.4 is 5.32 Å². The van der Waals surface area contributed by atoms with Gasteiger partial charge in [-0.1, -0.05) is 30.3 Å². The van der Waals surface area contributed by atoms with Gasteiger partial charge in [0, 0.05) is 17.7 Å². The molecule has 2 rings (SSSR count). The maximum atomic E-state index is 13.7. The molecule has 0 aliphatic heterocycles. The average molecular weight is 353 g/mol. The van der Waals surface area contributed by atoms with Crippen molar-refractivity contribution in [3.05, 3.63) is 74.0 Å². The summed E-state index contributed by atoms with van der Waals surface area (Å²) in [5.41, 5.74) is 1.28. The topological polar surface area (TPSA) is 55.2 Å². The summed E-state index contributed by atoms with van der Waals surface area (Å²) in [6.07, 6.45) is 0.334. The first-order valence-electron chi connectivity index (χ1n) is 6.37. The lowest BCUT2D eigenvalue weighted by molar-refractivity contribution is -0.385. The highest BCUT2D eigenvalue weighted by Gasteiger charge is 2.21. The van der Waals surface area contributed by atoms with Crippen molar-refractivity contribution in [2.24, 2.45) is 0 Å². The Morgan fingerprint density at radius 2 is 2.00 bits per heavy atom. The number of halogens is 2. The Bertz CT molecular complexity index is 650. The van der Waals surface area contributed by atoms with E-state index >= 15 is 0 Å². The van der Waals surface area contributed by atoms with Crippen molar-refractivity contribution in [2.45, 2.75) is 12.5 Å². The molecule has 0 heterocycles. The Morgan fingerprint density at radius 1 is 1.33 bits per heavy atom. The quantitative estimate of drug-likeness (QED) is 0.653. The molecule has 2 aromatic carbocycles. The van der Waals surface area contributed by atoms with Gasteiger partial charge in [0.15, 0.2) is 0 Å². The van der Waals surface area contributed by atoms with E-state index in [0.717, 1.165) is 5.56 Å². The number of benzene rings is 2. The van der Waals surface area contributed by atoms with Gasteiger partial charge in [-0.2, -0.15) is 0 Å². The first-order chi connectivity index (χ1) is 10.0. The number of rotatable bonds is 5. The fourth-order valence-electron chi connectivity index (χ4n) is 2.20. The highest BCUT2D eigenvalue weighted by molar-refractivity contribution is 9.10. The van der Waals surface area contributed by atoms with E-state index in [9.17, 15) is 14.5 Å². The third-order valence-electron chi connectivity index (χ3n) is 3.29. The molecule has 110 valence electrons. The van der Waals surface area contributed by atoms with Crippen molar-refractivity contribution in [3.63, 3.8) is 0 Å². The van der Waals surface area contributed by atoms with E-state index in [1.807, 2.05) is 30.3 Å². The Hall–Kier alpha value is -1.79. The monoisotopic (exact) mass is 352 g/mol. The summed E-state index contributed by atoms with van der Waals surface area (Å²) in [6, 6.07) is 11.9. The number of nitrogens with zero attached hydrogens (tertiary/aromatic N) is 1. The van der Waals surface area contributed by atoms with Crippen LogP contribution in [0.1, 0.15) is 17.2 Å². The molecule has 0 amide bonds. The van der Waals surface area contributed by atoms with Gasteiger partial charge in [-0.25, -0.2) is 4.39 Å². The van der Waals surface area contributed by atoms with E-state index in [-0.39, 0.29) is 16.2 Å². The number of nitro groups is 1. The van der Waals surface area contributed by atoms with E-state index in [1.54, 1.807) is 7.05 Å². The molecule has 21 heavy (non-hydrogen) atoms. The zero-order chi connectivity index (χ0) is 15.4. The van der Waals surface area contributed by atoms with E-state index in [4.69, 9.17) is 0 Å². The van der Waals surface area contributed by atoms with E-state index in [2.05, 4.69) is 21.2 Å². The molecule has 1 atom stereocenters. The summed E-state index contributed by atoms with van der Waals surface area (Å²) in [7, 11) is 1.78. The largest absolute Gasteiger partial charge is 0.313 e. The minimum atomic E-state index is -0.501. The Morgan fingerprint density at radius 3 is 2.57 bits per heavy atom.